The maximum Gasteiger partial charge on any atom is 0.455 e. The first-order valence-corrected chi connectivity index (χ1v) is 6.57. The first-order chi connectivity index (χ1) is 10.9. The molecule has 2 amide bonds. The molecule has 3 N–H and O–H groups in total. The molecule has 0 spiro atoms. The molecule has 0 aromatic rings. The van der Waals surface area contributed by atoms with Gasteiger partial charge < -0.3 is 16.0 Å². The molecule has 6 nitrogen and oxygen atoms in total. The van der Waals surface area contributed by atoms with E-state index in [0.29, 0.717) is 0 Å². The molecule has 1 aliphatic heterocycles. The monoisotopic (exact) mass is 354 g/mol. The minimum atomic E-state index is -5.80. The van der Waals surface area contributed by atoms with Crippen molar-refractivity contribution in [1.29, 1.82) is 0 Å². The highest BCUT2D eigenvalue weighted by Gasteiger charge is 2.57. The van der Waals surface area contributed by atoms with Crippen LogP contribution >= 0.6 is 0 Å². The Kier molecular flexibility index (Phi) is 5.69. The highest BCUT2D eigenvalue weighted by Crippen LogP contribution is 2.34. The maximum absolute atomic E-state index is 12.8. The third kappa shape index (κ3) is 4.77. The van der Waals surface area contributed by atoms with Crippen LogP contribution in [0.1, 0.15) is 13.8 Å². The van der Waals surface area contributed by atoms with Crippen molar-refractivity contribution in [3.05, 3.63) is 24.3 Å². The molecule has 0 fully saturated rings. The van der Waals surface area contributed by atoms with Gasteiger partial charge >= 0.3 is 12.1 Å². The van der Waals surface area contributed by atoms with Crippen molar-refractivity contribution in [3.63, 3.8) is 0 Å². The summed E-state index contributed by atoms with van der Waals surface area (Å²) >= 11 is 0. The number of hydrogen-bond acceptors (Lipinski definition) is 4. The predicted molar refractivity (Wildman–Crippen MR) is 74.8 cm³/mol. The quantitative estimate of drug-likeness (QED) is 0.516. The van der Waals surface area contributed by atoms with Crippen LogP contribution in [0.5, 0.6) is 0 Å². The van der Waals surface area contributed by atoms with Gasteiger partial charge in [-0.2, -0.15) is 22.0 Å². The number of allylic oxidation sites excluding steroid dienone is 1. The first kappa shape index (κ1) is 19.6. The summed E-state index contributed by atoms with van der Waals surface area (Å²) in [7, 11) is 0. The number of hydrogen-bond donors (Lipinski definition) is 3. The predicted octanol–water partition coefficient (Wildman–Crippen LogP) is 1.43. The molecule has 134 valence electrons. The fourth-order valence-corrected chi connectivity index (χ4v) is 1.35. The van der Waals surface area contributed by atoms with Crippen LogP contribution in [-0.2, 0) is 9.59 Å². The average molecular weight is 354 g/mol. The Hall–Kier alpha value is -2.46. The van der Waals surface area contributed by atoms with E-state index < -0.39 is 35.9 Å². The Morgan fingerprint density at radius 1 is 1.17 bits per heavy atom. The van der Waals surface area contributed by atoms with E-state index in [4.69, 9.17) is 0 Å². The van der Waals surface area contributed by atoms with Crippen molar-refractivity contribution in [2.45, 2.75) is 25.9 Å². The van der Waals surface area contributed by atoms with Crippen molar-refractivity contribution < 1.29 is 31.5 Å². The summed E-state index contributed by atoms with van der Waals surface area (Å²) in [6.07, 6.45) is -0.217. The lowest BCUT2D eigenvalue weighted by molar-refractivity contribution is -0.278. The van der Waals surface area contributed by atoms with E-state index in [0.717, 1.165) is 13.8 Å². The van der Waals surface area contributed by atoms with E-state index in [2.05, 4.69) is 15.6 Å². The minimum Gasteiger partial charge on any atom is -0.349 e. The number of halogens is 5. The van der Waals surface area contributed by atoms with Crippen molar-refractivity contribution >= 4 is 18.0 Å². The summed E-state index contributed by atoms with van der Waals surface area (Å²) in [4.78, 5) is 27.7. The number of alkyl halides is 5. The Labute approximate surface area is 133 Å². The van der Waals surface area contributed by atoms with Gasteiger partial charge in [0.25, 0.3) is 0 Å². The molecule has 0 aromatic carbocycles. The van der Waals surface area contributed by atoms with Crippen LogP contribution in [0.15, 0.2) is 29.3 Å². The van der Waals surface area contributed by atoms with Crippen molar-refractivity contribution in [2.75, 3.05) is 6.54 Å². The molecule has 0 atom stereocenters. The first-order valence-electron chi connectivity index (χ1n) is 6.57. The Balaban J connectivity index is 2.71. The van der Waals surface area contributed by atoms with Gasteiger partial charge in [-0.25, -0.2) is 0 Å². The van der Waals surface area contributed by atoms with Gasteiger partial charge in [0.05, 0.1) is 12.7 Å². The Bertz CT molecular complexity index is 594. The van der Waals surface area contributed by atoms with Gasteiger partial charge in [0.15, 0.2) is 0 Å². The number of carbonyl (C=O) groups excluding carboxylic acids is 2. The SMILES string of the molecule is CC(C)(C(=O)NCC(F)(F)C(F)(F)F)C(=O)NC1=CN=CC=CN1. The Morgan fingerprint density at radius 3 is 2.38 bits per heavy atom. The van der Waals surface area contributed by atoms with E-state index in [1.165, 1.54) is 30.0 Å². The topological polar surface area (TPSA) is 82.6 Å². The molecule has 0 aromatic heterocycles. The third-order valence-electron chi connectivity index (χ3n) is 2.98. The summed E-state index contributed by atoms with van der Waals surface area (Å²) in [5.74, 6) is -7.19. The van der Waals surface area contributed by atoms with Crippen LogP contribution in [0.2, 0.25) is 0 Å². The molecular weight excluding hydrogens is 339 g/mol. The van der Waals surface area contributed by atoms with E-state index in [9.17, 15) is 31.5 Å². The molecule has 0 radical (unpaired) electrons. The summed E-state index contributed by atoms with van der Waals surface area (Å²) < 4.78 is 61.8. The van der Waals surface area contributed by atoms with E-state index in [-0.39, 0.29) is 5.82 Å². The zero-order valence-electron chi connectivity index (χ0n) is 12.7. The number of nitrogens with zero attached hydrogens (tertiary/aromatic N) is 1. The fourth-order valence-electron chi connectivity index (χ4n) is 1.35. The highest BCUT2D eigenvalue weighted by molar-refractivity contribution is 6.04. The third-order valence-corrected chi connectivity index (χ3v) is 2.98. The second-order valence-electron chi connectivity index (χ2n) is 5.31. The van der Waals surface area contributed by atoms with Gasteiger partial charge in [-0.05, 0) is 19.9 Å². The van der Waals surface area contributed by atoms with Crippen LogP contribution in [-0.4, -0.2) is 36.7 Å². The molecule has 24 heavy (non-hydrogen) atoms. The van der Waals surface area contributed by atoms with Gasteiger partial charge in [-0.1, -0.05) is 0 Å². The lowest BCUT2D eigenvalue weighted by Crippen LogP contribution is -2.53. The van der Waals surface area contributed by atoms with Gasteiger partial charge in [-0.15, -0.1) is 0 Å². The van der Waals surface area contributed by atoms with Crippen LogP contribution in [0.3, 0.4) is 0 Å². The van der Waals surface area contributed by atoms with Gasteiger partial charge in [0.2, 0.25) is 11.8 Å². The van der Waals surface area contributed by atoms with E-state index in [1.807, 2.05) is 0 Å². The molecule has 1 heterocycles. The van der Waals surface area contributed by atoms with Crippen LogP contribution in [0, 0.1) is 5.41 Å². The molecule has 0 saturated heterocycles. The number of rotatable bonds is 5. The van der Waals surface area contributed by atoms with Gasteiger partial charge in [-0.3, -0.25) is 14.6 Å². The van der Waals surface area contributed by atoms with Crippen LogP contribution < -0.4 is 16.0 Å². The summed E-state index contributed by atoms with van der Waals surface area (Å²) in [6, 6.07) is 0. The van der Waals surface area contributed by atoms with Crippen molar-refractivity contribution in [2.24, 2.45) is 10.4 Å². The summed E-state index contributed by atoms with van der Waals surface area (Å²) in [6.45, 7) is 0.208. The largest absolute Gasteiger partial charge is 0.455 e. The molecule has 0 aliphatic carbocycles. The van der Waals surface area contributed by atoms with Crippen molar-refractivity contribution in [3.8, 4) is 0 Å². The van der Waals surface area contributed by atoms with Crippen LogP contribution in [0.4, 0.5) is 22.0 Å². The zero-order valence-corrected chi connectivity index (χ0v) is 12.7. The van der Waals surface area contributed by atoms with Gasteiger partial charge in [0, 0.05) is 12.4 Å². The molecular formula is C13H15F5N4O2. The lowest BCUT2D eigenvalue weighted by atomic mass is 9.91. The second-order valence-corrected chi connectivity index (χ2v) is 5.31. The molecule has 11 heteroatoms. The standard InChI is InChI=1S/C13H15F5N4O2/c1-11(2,9(23)21-7-12(14,15)13(16,17)18)10(24)22-8-6-19-4-3-5-20-8/h3-6,20H,7H2,1-2H3,(H,21,23)(H,22,24). The zero-order chi connectivity index (χ0) is 18.6. The normalized spacial score (nSPS) is 15.2. The van der Waals surface area contributed by atoms with E-state index >= 15 is 0 Å². The number of carbonyl (C=O) groups is 2. The molecule has 1 aliphatic rings. The minimum absolute atomic E-state index is 0.103. The number of nitrogens with one attached hydrogen (secondary N) is 3. The smallest absolute Gasteiger partial charge is 0.349 e. The number of amides is 2. The Morgan fingerprint density at radius 2 is 1.79 bits per heavy atom. The molecule has 0 unspecified atom stereocenters. The van der Waals surface area contributed by atoms with E-state index in [1.54, 1.807) is 0 Å². The fraction of sp³-hybridized carbons (Fsp3) is 0.462. The van der Waals surface area contributed by atoms with Crippen LogP contribution in [0.25, 0.3) is 0 Å². The average Bonchev–Trinajstić information content (AvgIpc) is 2.72. The lowest BCUT2D eigenvalue weighted by Gasteiger charge is -2.25. The highest BCUT2D eigenvalue weighted by atomic mass is 19.4. The maximum atomic E-state index is 12.8. The van der Waals surface area contributed by atoms with Gasteiger partial charge in [0.1, 0.15) is 11.2 Å². The molecule has 0 saturated carbocycles. The van der Waals surface area contributed by atoms with Crippen molar-refractivity contribution in [1.82, 2.24) is 16.0 Å². The molecule has 1 rings (SSSR count). The molecule has 0 bridgehead atoms. The second kappa shape index (κ2) is 6.97. The number of aliphatic imine (C=N–C) groups is 1. The summed E-state index contributed by atoms with van der Waals surface area (Å²) in [5, 5.41) is 6.35. The summed E-state index contributed by atoms with van der Waals surface area (Å²) in [5.41, 5.74) is -1.90.